The molecule has 1 heterocycles. The van der Waals surface area contributed by atoms with Crippen LogP contribution >= 0.6 is 0 Å². The summed E-state index contributed by atoms with van der Waals surface area (Å²) in [5.74, 6) is 1.01. The molecule has 0 saturated heterocycles. The fourth-order valence-corrected chi connectivity index (χ4v) is 2.49. The zero-order chi connectivity index (χ0) is 18.5. The maximum absolute atomic E-state index is 12.7. The van der Waals surface area contributed by atoms with Crippen molar-refractivity contribution in [2.24, 2.45) is 0 Å². The number of carbonyl (C=O) groups excluding carboxylic acids is 1. The lowest BCUT2D eigenvalue weighted by atomic mass is 10.2. The Balaban J connectivity index is 1.53. The standard InChI is InChI=1S/C21H15N3O3/c25-19(22-21-24-23-20(27-21)15-9-3-1-4-10-15)17-13-7-8-14-18(17)26-16-11-5-2-6-12-16/h1-14H,(H,22,24,25). The van der Waals surface area contributed by atoms with Crippen molar-refractivity contribution in [2.45, 2.75) is 0 Å². The smallest absolute Gasteiger partial charge is 0.322 e. The molecule has 4 rings (SSSR count). The van der Waals surface area contributed by atoms with Crippen molar-refractivity contribution in [3.05, 3.63) is 90.5 Å². The number of amides is 1. The molecule has 1 amide bonds. The number of hydrogen-bond donors (Lipinski definition) is 1. The highest BCUT2D eigenvalue weighted by Gasteiger charge is 2.16. The number of carbonyl (C=O) groups is 1. The highest BCUT2D eigenvalue weighted by molar-refractivity contribution is 6.05. The zero-order valence-corrected chi connectivity index (χ0v) is 14.2. The molecule has 0 unspecified atom stereocenters. The van der Waals surface area contributed by atoms with Crippen molar-refractivity contribution >= 4 is 11.9 Å². The normalized spacial score (nSPS) is 10.4. The Morgan fingerprint density at radius 1 is 0.815 bits per heavy atom. The first-order valence-corrected chi connectivity index (χ1v) is 8.32. The summed E-state index contributed by atoms with van der Waals surface area (Å²) in [4.78, 5) is 12.7. The number of anilines is 1. The van der Waals surface area contributed by atoms with Gasteiger partial charge in [-0.15, -0.1) is 5.10 Å². The summed E-state index contributed by atoms with van der Waals surface area (Å²) < 4.78 is 11.3. The lowest BCUT2D eigenvalue weighted by Gasteiger charge is -2.10. The van der Waals surface area contributed by atoms with Gasteiger partial charge in [-0.25, -0.2) is 0 Å². The number of para-hydroxylation sites is 2. The summed E-state index contributed by atoms with van der Waals surface area (Å²) in [7, 11) is 0. The first kappa shape index (κ1) is 16.5. The van der Waals surface area contributed by atoms with Gasteiger partial charge in [0.2, 0.25) is 5.89 Å². The van der Waals surface area contributed by atoms with Gasteiger partial charge in [0.15, 0.2) is 0 Å². The van der Waals surface area contributed by atoms with Crippen LogP contribution in [0.3, 0.4) is 0 Å². The molecule has 0 radical (unpaired) electrons. The van der Waals surface area contributed by atoms with Crippen LogP contribution in [0, 0.1) is 0 Å². The molecule has 0 atom stereocenters. The van der Waals surface area contributed by atoms with Crippen molar-refractivity contribution < 1.29 is 13.9 Å². The van der Waals surface area contributed by atoms with Gasteiger partial charge in [0.1, 0.15) is 11.5 Å². The van der Waals surface area contributed by atoms with E-state index in [1.807, 2.05) is 60.7 Å². The minimum atomic E-state index is -0.398. The number of nitrogens with zero attached hydrogens (tertiary/aromatic N) is 2. The maximum atomic E-state index is 12.7. The summed E-state index contributed by atoms with van der Waals surface area (Å²) in [6.07, 6.45) is 0. The molecule has 0 spiro atoms. The van der Waals surface area contributed by atoms with E-state index in [1.54, 1.807) is 24.3 Å². The second-order valence-electron chi connectivity index (χ2n) is 5.64. The molecule has 4 aromatic rings. The van der Waals surface area contributed by atoms with Crippen LogP contribution in [0.15, 0.2) is 89.3 Å². The monoisotopic (exact) mass is 357 g/mol. The van der Waals surface area contributed by atoms with Crippen LogP contribution in [0.2, 0.25) is 0 Å². The van der Waals surface area contributed by atoms with Gasteiger partial charge in [0.25, 0.3) is 5.91 Å². The minimum Gasteiger partial charge on any atom is -0.457 e. The average molecular weight is 357 g/mol. The molecule has 0 aliphatic rings. The van der Waals surface area contributed by atoms with Crippen LogP contribution in [0.1, 0.15) is 10.4 Å². The Labute approximate surface area is 155 Å². The van der Waals surface area contributed by atoms with Gasteiger partial charge >= 0.3 is 6.01 Å². The van der Waals surface area contributed by atoms with E-state index in [4.69, 9.17) is 9.15 Å². The third-order valence-corrected chi connectivity index (χ3v) is 3.77. The molecule has 1 aromatic heterocycles. The van der Waals surface area contributed by atoms with E-state index in [1.165, 1.54) is 0 Å². The van der Waals surface area contributed by atoms with Gasteiger partial charge in [-0.1, -0.05) is 53.6 Å². The molecule has 0 saturated carbocycles. The Morgan fingerprint density at radius 2 is 1.48 bits per heavy atom. The van der Waals surface area contributed by atoms with E-state index < -0.39 is 5.91 Å². The molecular formula is C21H15N3O3. The van der Waals surface area contributed by atoms with Gasteiger partial charge in [-0.2, -0.15) is 0 Å². The summed E-state index contributed by atoms with van der Waals surface area (Å²) in [6.45, 7) is 0. The SMILES string of the molecule is O=C(Nc1nnc(-c2ccccc2)o1)c1ccccc1Oc1ccccc1. The largest absolute Gasteiger partial charge is 0.457 e. The Kier molecular flexibility index (Phi) is 4.61. The number of hydrogen-bond acceptors (Lipinski definition) is 5. The second kappa shape index (κ2) is 7.53. The van der Waals surface area contributed by atoms with E-state index in [-0.39, 0.29) is 6.01 Å². The van der Waals surface area contributed by atoms with Crippen LogP contribution in [-0.2, 0) is 0 Å². The fourth-order valence-electron chi connectivity index (χ4n) is 2.49. The van der Waals surface area contributed by atoms with E-state index in [9.17, 15) is 4.79 Å². The van der Waals surface area contributed by atoms with Crippen molar-refractivity contribution in [2.75, 3.05) is 5.32 Å². The molecular weight excluding hydrogens is 342 g/mol. The van der Waals surface area contributed by atoms with Crippen molar-refractivity contribution in [3.63, 3.8) is 0 Å². The first-order valence-electron chi connectivity index (χ1n) is 8.32. The van der Waals surface area contributed by atoms with Crippen LogP contribution in [0.4, 0.5) is 6.01 Å². The van der Waals surface area contributed by atoms with E-state index in [0.29, 0.717) is 23.0 Å². The number of ether oxygens (including phenoxy) is 1. The van der Waals surface area contributed by atoms with E-state index >= 15 is 0 Å². The molecule has 0 fully saturated rings. The van der Waals surface area contributed by atoms with E-state index in [2.05, 4.69) is 15.5 Å². The lowest BCUT2D eigenvalue weighted by Crippen LogP contribution is -2.13. The molecule has 3 aromatic carbocycles. The van der Waals surface area contributed by atoms with Gasteiger partial charge < -0.3 is 9.15 Å². The van der Waals surface area contributed by atoms with Gasteiger partial charge in [0.05, 0.1) is 5.56 Å². The van der Waals surface area contributed by atoms with Crippen molar-refractivity contribution in [1.29, 1.82) is 0 Å². The second-order valence-corrected chi connectivity index (χ2v) is 5.64. The summed E-state index contributed by atoms with van der Waals surface area (Å²) >= 11 is 0. The molecule has 0 bridgehead atoms. The van der Waals surface area contributed by atoms with Crippen molar-refractivity contribution in [3.8, 4) is 23.0 Å². The summed E-state index contributed by atoms with van der Waals surface area (Å²) in [6, 6.07) is 25.6. The lowest BCUT2D eigenvalue weighted by molar-refractivity contribution is 0.102. The first-order chi connectivity index (χ1) is 13.3. The molecule has 27 heavy (non-hydrogen) atoms. The number of aromatic nitrogens is 2. The van der Waals surface area contributed by atoms with Crippen LogP contribution < -0.4 is 10.1 Å². The van der Waals surface area contributed by atoms with Gasteiger partial charge in [-0.3, -0.25) is 10.1 Å². The third-order valence-electron chi connectivity index (χ3n) is 3.77. The number of nitrogens with one attached hydrogen (secondary N) is 1. The molecule has 1 N–H and O–H groups in total. The van der Waals surface area contributed by atoms with E-state index in [0.717, 1.165) is 5.56 Å². The summed E-state index contributed by atoms with van der Waals surface area (Å²) in [5, 5.41) is 10.5. The molecule has 132 valence electrons. The molecule has 0 aliphatic heterocycles. The number of rotatable bonds is 5. The van der Waals surface area contributed by atoms with Gasteiger partial charge in [0, 0.05) is 5.56 Å². The maximum Gasteiger partial charge on any atom is 0.322 e. The van der Waals surface area contributed by atoms with Crippen LogP contribution in [-0.4, -0.2) is 16.1 Å². The average Bonchev–Trinajstić information content (AvgIpc) is 3.18. The van der Waals surface area contributed by atoms with Crippen LogP contribution in [0.5, 0.6) is 11.5 Å². The zero-order valence-electron chi connectivity index (χ0n) is 14.2. The Hall–Kier alpha value is -3.93. The third kappa shape index (κ3) is 3.85. The van der Waals surface area contributed by atoms with Crippen molar-refractivity contribution in [1.82, 2.24) is 10.2 Å². The predicted octanol–water partition coefficient (Wildman–Crippen LogP) is 4.78. The van der Waals surface area contributed by atoms with Gasteiger partial charge in [-0.05, 0) is 36.4 Å². The summed E-state index contributed by atoms with van der Waals surface area (Å²) in [5.41, 5.74) is 1.14. The Morgan fingerprint density at radius 3 is 2.26 bits per heavy atom. The highest BCUT2D eigenvalue weighted by atomic mass is 16.5. The van der Waals surface area contributed by atoms with Crippen LogP contribution in [0.25, 0.3) is 11.5 Å². The number of benzene rings is 3. The molecule has 0 aliphatic carbocycles. The topological polar surface area (TPSA) is 77.3 Å². The molecule has 6 heteroatoms. The fraction of sp³-hybridized carbons (Fsp3) is 0. The minimum absolute atomic E-state index is 0.0216. The molecule has 6 nitrogen and oxygen atoms in total. The Bertz CT molecular complexity index is 1050. The highest BCUT2D eigenvalue weighted by Crippen LogP contribution is 2.26. The predicted molar refractivity (Wildman–Crippen MR) is 101 cm³/mol. The quantitative estimate of drug-likeness (QED) is 0.556.